The van der Waals surface area contributed by atoms with E-state index in [4.69, 9.17) is 34.9 Å². The number of esters is 1. The predicted octanol–water partition coefficient (Wildman–Crippen LogP) is 5.04. The van der Waals surface area contributed by atoms with Crippen LogP contribution in [0.2, 0.25) is 0 Å². The van der Waals surface area contributed by atoms with E-state index in [1.807, 2.05) is 0 Å². The number of halogens is 3. The van der Waals surface area contributed by atoms with Gasteiger partial charge in [-0.15, -0.1) is 0 Å². The van der Waals surface area contributed by atoms with Gasteiger partial charge in [-0.1, -0.05) is 0 Å². The molecule has 0 aliphatic carbocycles. The topological polar surface area (TPSA) is 290 Å². The number of nitrogens with one attached hydrogen (secondary N) is 3. The van der Waals surface area contributed by atoms with Gasteiger partial charge in [-0.3, -0.25) is 37.7 Å². The summed E-state index contributed by atoms with van der Waals surface area (Å²) in [5, 5.41) is 14.0. The fourth-order valence-corrected chi connectivity index (χ4v) is 5.88. The van der Waals surface area contributed by atoms with Crippen molar-refractivity contribution in [1.29, 1.82) is 0 Å². The maximum atomic E-state index is 13.1. The SMILES string of the molecule is CCOP(=O)(OCC)OCCCCOC(=O)c1ccc(C(F)(F)F)cc1NC(=O)CCCC(=O)O.NC(=O)c1ccc(NCc2cnc3nc(N)[nH]c(=O)c3n2)cc1. The lowest BCUT2D eigenvalue weighted by atomic mass is 10.1. The van der Waals surface area contributed by atoms with Crippen LogP contribution in [0.25, 0.3) is 11.2 Å². The van der Waals surface area contributed by atoms with E-state index in [0.29, 0.717) is 36.4 Å². The van der Waals surface area contributed by atoms with E-state index >= 15 is 0 Å². The summed E-state index contributed by atoms with van der Waals surface area (Å²) in [6, 6.07) is 8.87. The molecule has 23 heteroatoms. The summed E-state index contributed by atoms with van der Waals surface area (Å²) in [5.74, 6) is -3.31. The summed E-state index contributed by atoms with van der Waals surface area (Å²) >= 11 is 0. The number of fused-ring (bicyclic) bond motifs is 1. The number of H-pyrrole nitrogens is 1. The first-order valence-electron chi connectivity index (χ1n) is 17.5. The summed E-state index contributed by atoms with van der Waals surface area (Å²) in [4.78, 5) is 72.4. The van der Waals surface area contributed by atoms with Crippen LogP contribution in [0.5, 0.6) is 0 Å². The van der Waals surface area contributed by atoms with Crippen molar-refractivity contribution in [2.45, 2.75) is 58.7 Å². The molecule has 4 aromatic rings. The number of nitrogens with zero attached hydrogens (tertiary/aromatic N) is 3. The molecule has 0 unspecified atom stereocenters. The molecule has 2 amide bonds. The number of carboxylic acids is 1. The lowest BCUT2D eigenvalue weighted by Crippen LogP contribution is -2.17. The number of phosphoric acid groups is 1. The molecule has 0 atom stereocenters. The van der Waals surface area contributed by atoms with Crippen LogP contribution < -0.4 is 27.7 Å². The Balaban J connectivity index is 0.000000335. The molecule has 0 fully saturated rings. The molecule has 0 aliphatic heterocycles. The van der Waals surface area contributed by atoms with Gasteiger partial charge >= 0.3 is 25.9 Å². The molecule has 0 bridgehead atoms. The normalized spacial score (nSPS) is 11.3. The van der Waals surface area contributed by atoms with Gasteiger partial charge < -0.3 is 31.9 Å². The van der Waals surface area contributed by atoms with Gasteiger partial charge in [0.2, 0.25) is 17.8 Å². The van der Waals surface area contributed by atoms with Gasteiger partial charge in [0, 0.05) is 24.1 Å². The summed E-state index contributed by atoms with van der Waals surface area (Å²) in [5.41, 5.74) is 10.5. The third-order valence-corrected chi connectivity index (χ3v) is 9.01. The number of ether oxygens (including phenoxy) is 1. The molecule has 2 aromatic heterocycles. The molecule has 0 saturated carbocycles. The van der Waals surface area contributed by atoms with Crippen molar-refractivity contribution in [2.24, 2.45) is 5.73 Å². The van der Waals surface area contributed by atoms with Crippen molar-refractivity contribution in [2.75, 3.05) is 42.8 Å². The minimum Gasteiger partial charge on any atom is -0.481 e. The number of carbonyl (C=O) groups excluding carboxylic acids is 3. The summed E-state index contributed by atoms with van der Waals surface area (Å²) in [6.07, 6.45) is -3.18. The number of alkyl halides is 3. The minimum absolute atomic E-state index is 0.00258. The average molecular weight is 839 g/mol. The summed E-state index contributed by atoms with van der Waals surface area (Å²) < 4.78 is 71.6. The van der Waals surface area contributed by atoms with Crippen molar-refractivity contribution < 1.29 is 60.3 Å². The highest BCUT2D eigenvalue weighted by Crippen LogP contribution is 2.49. The number of amides is 2. The Kier molecular flexibility index (Phi) is 17.7. The molecule has 314 valence electrons. The zero-order valence-corrected chi connectivity index (χ0v) is 32.2. The van der Waals surface area contributed by atoms with Crippen LogP contribution in [-0.2, 0) is 45.2 Å². The minimum atomic E-state index is -4.71. The van der Waals surface area contributed by atoms with E-state index in [1.54, 1.807) is 38.1 Å². The van der Waals surface area contributed by atoms with Crippen LogP contribution >= 0.6 is 7.82 Å². The first-order chi connectivity index (χ1) is 27.4. The van der Waals surface area contributed by atoms with Crippen molar-refractivity contribution in [3.63, 3.8) is 0 Å². The van der Waals surface area contributed by atoms with Crippen LogP contribution in [0.15, 0.2) is 53.5 Å². The molecule has 0 saturated heterocycles. The first kappa shape index (κ1) is 46.4. The number of nitrogens with two attached hydrogens (primary N) is 2. The number of aromatic nitrogens is 4. The lowest BCUT2D eigenvalue weighted by molar-refractivity contribution is -0.138. The number of rotatable bonds is 20. The zero-order chi connectivity index (χ0) is 42.9. The fourth-order valence-electron chi connectivity index (χ4n) is 4.67. The number of aromatic amines is 1. The van der Waals surface area contributed by atoms with Crippen molar-refractivity contribution in [3.8, 4) is 0 Å². The van der Waals surface area contributed by atoms with Gasteiger partial charge in [0.25, 0.3) is 5.56 Å². The summed E-state index contributed by atoms with van der Waals surface area (Å²) in [6.45, 7) is 3.73. The van der Waals surface area contributed by atoms with Gasteiger partial charge in [-0.05, 0) is 75.6 Å². The van der Waals surface area contributed by atoms with Crippen LogP contribution in [0.3, 0.4) is 0 Å². The number of phosphoric ester groups is 1. The Morgan fingerprint density at radius 1 is 0.931 bits per heavy atom. The van der Waals surface area contributed by atoms with Gasteiger partial charge in [0.05, 0.1) is 61.7 Å². The quantitative estimate of drug-likeness (QED) is 0.0386. The zero-order valence-electron chi connectivity index (χ0n) is 31.3. The predicted molar refractivity (Wildman–Crippen MR) is 203 cm³/mol. The monoisotopic (exact) mass is 838 g/mol. The molecule has 2 aromatic carbocycles. The second kappa shape index (κ2) is 22.1. The molecule has 0 spiro atoms. The number of hydrogen-bond donors (Lipinski definition) is 6. The smallest absolute Gasteiger partial charge is 0.474 e. The fraction of sp³-hybridized carbons (Fsp3) is 0.371. The average Bonchev–Trinajstić information content (AvgIpc) is 3.15. The number of carbonyl (C=O) groups is 4. The van der Waals surface area contributed by atoms with E-state index < -0.39 is 54.6 Å². The Hall–Kier alpha value is -5.96. The van der Waals surface area contributed by atoms with Crippen molar-refractivity contribution in [3.05, 3.63) is 81.4 Å². The Morgan fingerprint density at radius 2 is 1.60 bits per heavy atom. The van der Waals surface area contributed by atoms with Gasteiger partial charge in [-0.25, -0.2) is 19.3 Å². The third-order valence-electron chi connectivity index (χ3n) is 7.36. The van der Waals surface area contributed by atoms with E-state index in [9.17, 15) is 41.7 Å². The standard InChI is InChI=1S/C21H29F3NO9P.C14H13N7O2/c1-3-32-35(30,33-4-2)34-13-6-5-12-31-20(29)16-11-10-15(21(22,23)24)14-17(16)25-18(26)8-7-9-19(27)28;15-11(22)7-1-3-8(4-2-7)17-5-9-6-18-12-10(19-9)13(23)21-14(16)20-12/h10-11,14H,3-9,12-13H2,1-2H3,(H,25,26)(H,27,28);1-4,6,17H,5H2,(H2,15,22)(H3,16,18,20,21,23). The number of unbranched alkanes of at least 4 members (excludes halogenated alkanes) is 1. The molecule has 8 N–H and O–H groups in total. The van der Waals surface area contributed by atoms with Crippen LogP contribution in [-0.4, -0.2) is 75.2 Å². The van der Waals surface area contributed by atoms with E-state index in [0.717, 1.165) is 11.8 Å². The number of nitrogen functional groups attached to an aromatic ring is 1. The van der Waals surface area contributed by atoms with E-state index in [2.05, 4.69) is 30.6 Å². The third kappa shape index (κ3) is 15.2. The van der Waals surface area contributed by atoms with Crippen LogP contribution in [0.1, 0.15) is 77.9 Å². The van der Waals surface area contributed by atoms with Crippen LogP contribution in [0, 0.1) is 0 Å². The Labute approximate surface area is 328 Å². The molecular weight excluding hydrogens is 796 g/mol. The molecular formula is C35H42F3N8O11P. The molecule has 19 nitrogen and oxygen atoms in total. The number of primary amides is 1. The number of anilines is 3. The van der Waals surface area contributed by atoms with E-state index in [-0.39, 0.29) is 74.8 Å². The largest absolute Gasteiger partial charge is 0.481 e. The second-order valence-electron chi connectivity index (χ2n) is 11.8. The van der Waals surface area contributed by atoms with Crippen molar-refractivity contribution in [1.82, 2.24) is 19.9 Å². The maximum absolute atomic E-state index is 13.1. The molecule has 0 radical (unpaired) electrons. The molecule has 4 rings (SSSR count). The van der Waals surface area contributed by atoms with E-state index in [1.165, 1.54) is 6.20 Å². The summed E-state index contributed by atoms with van der Waals surface area (Å²) in [7, 11) is -3.66. The number of aliphatic carboxylic acids is 1. The molecule has 2 heterocycles. The van der Waals surface area contributed by atoms with Gasteiger partial charge in [0.15, 0.2) is 11.2 Å². The first-order valence-corrected chi connectivity index (χ1v) is 19.0. The highest BCUT2D eigenvalue weighted by atomic mass is 31.2. The number of carboxylic acid groups (broad SMARTS) is 1. The number of hydrogen-bond acceptors (Lipinski definition) is 15. The van der Waals surface area contributed by atoms with Crippen molar-refractivity contribution >= 4 is 60.1 Å². The molecule has 0 aliphatic rings. The highest BCUT2D eigenvalue weighted by Gasteiger charge is 2.32. The van der Waals surface area contributed by atoms with Gasteiger partial charge in [0.1, 0.15) is 0 Å². The lowest BCUT2D eigenvalue weighted by Gasteiger charge is -2.16. The number of benzene rings is 2. The Morgan fingerprint density at radius 3 is 2.22 bits per heavy atom. The Bertz CT molecular complexity index is 2140. The van der Waals surface area contributed by atoms with Crippen LogP contribution in [0.4, 0.5) is 30.5 Å². The second-order valence-corrected chi connectivity index (χ2v) is 13.5. The van der Waals surface area contributed by atoms with Gasteiger partial charge in [-0.2, -0.15) is 18.2 Å². The highest BCUT2D eigenvalue weighted by molar-refractivity contribution is 7.48. The molecule has 58 heavy (non-hydrogen) atoms. The maximum Gasteiger partial charge on any atom is 0.474 e.